The summed E-state index contributed by atoms with van der Waals surface area (Å²) in [5, 5.41) is 3.85. The van der Waals surface area contributed by atoms with Crippen LogP contribution >= 0.6 is 11.6 Å². The second kappa shape index (κ2) is 8.85. The SMILES string of the molecule is CC(C)(C)Nc1ncc(-c2nc(N3CCOCC3)c3nc(Cl)n(CC4CC4)c3n2)c(C(C)(C)C)n1. The van der Waals surface area contributed by atoms with Crippen LogP contribution < -0.4 is 10.2 Å². The molecule has 0 unspecified atom stereocenters. The fraction of sp³-hybridized carbons (Fsp3) is 0.640. The van der Waals surface area contributed by atoms with Gasteiger partial charge < -0.3 is 15.0 Å². The van der Waals surface area contributed by atoms with Crippen molar-refractivity contribution in [2.24, 2.45) is 5.92 Å². The van der Waals surface area contributed by atoms with Gasteiger partial charge in [0, 0.05) is 36.8 Å². The lowest BCUT2D eigenvalue weighted by atomic mass is 9.88. The van der Waals surface area contributed by atoms with Crippen molar-refractivity contribution in [3.63, 3.8) is 0 Å². The predicted octanol–water partition coefficient (Wildman–Crippen LogP) is 4.69. The Morgan fingerprint density at radius 2 is 1.74 bits per heavy atom. The maximum atomic E-state index is 6.64. The summed E-state index contributed by atoms with van der Waals surface area (Å²) in [6, 6.07) is 0. The molecule has 1 saturated carbocycles. The van der Waals surface area contributed by atoms with Crippen molar-refractivity contribution in [3.05, 3.63) is 17.2 Å². The Balaban J connectivity index is 1.69. The van der Waals surface area contributed by atoms with Gasteiger partial charge in [-0.05, 0) is 51.1 Å². The van der Waals surface area contributed by atoms with Crippen LogP contribution in [-0.4, -0.2) is 61.3 Å². The molecule has 4 heterocycles. The number of imidazole rings is 1. The summed E-state index contributed by atoms with van der Waals surface area (Å²) in [7, 11) is 0. The quantitative estimate of drug-likeness (QED) is 0.506. The van der Waals surface area contributed by atoms with Crippen molar-refractivity contribution in [1.82, 2.24) is 29.5 Å². The lowest BCUT2D eigenvalue weighted by Gasteiger charge is -2.28. The molecule has 0 bridgehead atoms. The first-order valence-electron chi connectivity index (χ1n) is 12.4. The standard InChI is InChI=1S/C25H35ClN8O/c1-24(2,3)18-16(13-27-23(29-18)32-25(4,5)6)19-30-20(33-9-11-35-12-10-33)17-21(31-19)34(22(26)28-17)14-15-7-8-15/h13,15H,7-12,14H2,1-6H3,(H,27,29,32). The first kappa shape index (κ1) is 24.2. The molecule has 0 aromatic carbocycles. The number of morpholine rings is 1. The highest BCUT2D eigenvalue weighted by molar-refractivity contribution is 6.29. The fourth-order valence-corrected chi connectivity index (χ4v) is 4.54. The molecule has 3 aromatic rings. The highest BCUT2D eigenvalue weighted by atomic mass is 35.5. The summed E-state index contributed by atoms with van der Waals surface area (Å²) in [5.41, 5.74) is 2.84. The lowest BCUT2D eigenvalue weighted by Crippen LogP contribution is -2.37. The van der Waals surface area contributed by atoms with E-state index in [-0.39, 0.29) is 11.0 Å². The Kier molecular flexibility index (Phi) is 6.12. The minimum absolute atomic E-state index is 0.151. The third-order valence-electron chi connectivity index (χ3n) is 6.20. The molecule has 35 heavy (non-hydrogen) atoms. The molecule has 1 aliphatic heterocycles. The molecule has 10 heteroatoms. The molecule has 2 fully saturated rings. The molecule has 0 atom stereocenters. The Hall–Kier alpha value is -2.52. The van der Waals surface area contributed by atoms with Gasteiger partial charge in [0.25, 0.3) is 0 Å². The number of aromatic nitrogens is 6. The van der Waals surface area contributed by atoms with Crippen LogP contribution in [0.15, 0.2) is 6.20 Å². The summed E-state index contributed by atoms with van der Waals surface area (Å²) >= 11 is 6.64. The van der Waals surface area contributed by atoms with E-state index in [1.165, 1.54) is 12.8 Å². The predicted molar refractivity (Wildman–Crippen MR) is 139 cm³/mol. The number of hydrogen-bond acceptors (Lipinski definition) is 8. The molecule has 1 N–H and O–H groups in total. The molecule has 3 aromatic heterocycles. The Labute approximate surface area is 211 Å². The normalized spacial score (nSPS) is 17.3. The fourth-order valence-electron chi connectivity index (χ4n) is 4.31. The average Bonchev–Trinajstić information content (AvgIpc) is 3.55. The van der Waals surface area contributed by atoms with E-state index in [0.717, 1.165) is 47.9 Å². The zero-order valence-corrected chi connectivity index (χ0v) is 22.3. The lowest BCUT2D eigenvalue weighted by molar-refractivity contribution is 0.122. The molecule has 0 spiro atoms. The van der Waals surface area contributed by atoms with Crippen LogP contribution in [-0.2, 0) is 16.7 Å². The summed E-state index contributed by atoms with van der Waals surface area (Å²) < 4.78 is 7.63. The third kappa shape index (κ3) is 5.21. The van der Waals surface area contributed by atoms with Crippen molar-refractivity contribution in [3.8, 4) is 11.4 Å². The van der Waals surface area contributed by atoms with E-state index in [0.29, 0.717) is 36.2 Å². The molecule has 2 aliphatic rings. The Morgan fingerprint density at radius 3 is 2.37 bits per heavy atom. The Bertz CT molecular complexity index is 1230. The summed E-state index contributed by atoms with van der Waals surface area (Å²) in [4.78, 5) is 26.6. The number of rotatable bonds is 5. The van der Waals surface area contributed by atoms with Gasteiger partial charge in [0.15, 0.2) is 22.8 Å². The van der Waals surface area contributed by atoms with Crippen molar-refractivity contribution < 1.29 is 4.74 Å². The van der Waals surface area contributed by atoms with Gasteiger partial charge >= 0.3 is 0 Å². The van der Waals surface area contributed by atoms with Gasteiger partial charge in [0.05, 0.1) is 24.5 Å². The number of nitrogens with zero attached hydrogens (tertiary/aromatic N) is 7. The van der Waals surface area contributed by atoms with Crippen molar-refractivity contribution in [2.45, 2.75) is 71.9 Å². The zero-order valence-electron chi connectivity index (χ0n) is 21.5. The maximum Gasteiger partial charge on any atom is 0.223 e. The highest BCUT2D eigenvalue weighted by Gasteiger charge is 2.30. The minimum atomic E-state index is -0.240. The number of nitrogens with one attached hydrogen (secondary N) is 1. The molecule has 0 radical (unpaired) electrons. The van der Waals surface area contributed by atoms with E-state index in [4.69, 9.17) is 36.3 Å². The number of halogens is 1. The summed E-state index contributed by atoms with van der Waals surface area (Å²) in [6.07, 6.45) is 4.28. The third-order valence-corrected chi connectivity index (χ3v) is 6.49. The maximum absolute atomic E-state index is 6.64. The van der Waals surface area contributed by atoms with Crippen LogP contribution in [0.25, 0.3) is 22.6 Å². The van der Waals surface area contributed by atoms with Crippen LogP contribution in [0.3, 0.4) is 0 Å². The van der Waals surface area contributed by atoms with Crippen LogP contribution in [0.5, 0.6) is 0 Å². The smallest absolute Gasteiger partial charge is 0.223 e. The van der Waals surface area contributed by atoms with E-state index >= 15 is 0 Å². The van der Waals surface area contributed by atoms with Crippen molar-refractivity contribution >= 4 is 34.5 Å². The molecule has 1 aliphatic carbocycles. The molecular weight excluding hydrogens is 464 g/mol. The van der Waals surface area contributed by atoms with Gasteiger partial charge in [-0.2, -0.15) is 0 Å². The van der Waals surface area contributed by atoms with E-state index in [1.54, 1.807) is 0 Å². The Morgan fingerprint density at radius 1 is 1.03 bits per heavy atom. The topological polar surface area (TPSA) is 93.9 Å². The van der Waals surface area contributed by atoms with Crippen molar-refractivity contribution in [2.75, 3.05) is 36.5 Å². The number of anilines is 2. The first-order chi connectivity index (χ1) is 16.5. The summed E-state index contributed by atoms with van der Waals surface area (Å²) in [5.74, 6) is 2.62. The molecular formula is C25H35ClN8O. The van der Waals surface area contributed by atoms with Gasteiger partial charge in [0.1, 0.15) is 0 Å². The van der Waals surface area contributed by atoms with Crippen LogP contribution in [0.1, 0.15) is 60.1 Å². The van der Waals surface area contributed by atoms with Gasteiger partial charge in [-0.15, -0.1) is 0 Å². The van der Waals surface area contributed by atoms with Gasteiger partial charge in [-0.25, -0.2) is 24.9 Å². The van der Waals surface area contributed by atoms with Crippen LogP contribution in [0, 0.1) is 5.92 Å². The largest absolute Gasteiger partial charge is 0.378 e. The number of fused-ring (bicyclic) bond motifs is 1. The average molecular weight is 499 g/mol. The van der Waals surface area contributed by atoms with Crippen LogP contribution in [0.4, 0.5) is 11.8 Å². The monoisotopic (exact) mass is 498 g/mol. The molecule has 0 amide bonds. The van der Waals surface area contributed by atoms with Crippen LogP contribution in [0.2, 0.25) is 5.28 Å². The molecule has 188 valence electrons. The second-order valence-corrected chi connectivity index (χ2v) is 12.0. The number of ether oxygens (including phenoxy) is 1. The van der Waals surface area contributed by atoms with Crippen molar-refractivity contribution in [1.29, 1.82) is 0 Å². The van der Waals surface area contributed by atoms with E-state index < -0.39 is 0 Å². The van der Waals surface area contributed by atoms with E-state index in [9.17, 15) is 0 Å². The molecule has 1 saturated heterocycles. The van der Waals surface area contributed by atoms with Gasteiger partial charge in [-0.3, -0.25) is 4.57 Å². The highest BCUT2D eigenvalue weighted by Crippen LogP contribution is 2.37. The number of hydrogen-bond donors (Lipinski definition) is 1. The first-order valence-corrected chi connectivity index (χ1v) is 12.8. The van der Waals surface area contributed by atoms with E-state index in [2.05, 4.69) is 56.7 Å². The molecule has 9 nitrogen and oxygen atoms in total. The van der Waals surface area contributed by atoms with E-state index in [1.807, 2.05) is 10.8 Å². The molecule has 5 rings (SSSR count). The summed E-state index contributed by atoms with van der Waals surface area (Å²) in [6.45, 7) is 16.4. The minimum Gasteiger partial charge on any atom is -0.378 e. The second-order valence-electron chi connectivity index (χ2n) is 11.7. The zero-order chi connectivity index (χ0) is 25.0. The van der Waals surface area contributed by atoms with Gasteiger partial charge in [-0.1, -0.05) is 20.8 Å². The van der Waals surface area contributed by atoms with Gasteiger partial charge in [0.2, 0.25) is 11.2 Å².